The summed E-state index contributed by atoms with van der Waals surface area (Å²) in [7, 11) is 0. The Morgan fingerprint density at radius 3 is 2.65 bits per heavy atom. The van der Waals surface area contributed by atoms with Crippen molar-refractivity contribution in [3.8, 4) is 0 Å². The molecule has 0 heterocycles. The Morgan fingerprint density at radius 1 is 1.24 bits per heavy atom. The van der Waals surface area contributed by atoms with Crippen LogP contribution in [0.25, 0.3) is 0 Å². The van der Waals surface area contributed by atoms with Gasteiger partial charge in [0.15, 0.2) is 0 Å². The van der Waals surface area contributed by atoms with Crippen LogP contribution in [0.4, 0.5) is 0 Å². The van der Waals surface area contributed by atoms with E-state index in [-0.39, 0.29) is 0 Å². The van der Waals surface area contributed by atoms with Gasteiger partial charge in [0, 0.05) is 12.6 Å². The van der Waals surface area contributed by atoms with Crippen molar-refractivity contribution >= 4 is 0 Å². The summed E-state index contributed by atoms with van der Waals surface area (Å²) in [6, 6.07) is 0.490. The van der Waals surface area contributed by atoms with Crippen LogP contribution in [-0.2, 0) is 9.47 Å². The fraction of sp³-hybridized carbons (Fsp3) is 1.00. The smallest absolute Gasteiger partial charge is 0.0734 e. The van der Waals surface area contributed by atoms with Gasteiger partial charge in [-0.2, -0.15) is 0 Å². The van der Waals surface area contributed by atoms with Crippen molar-refractivity contribution in [2.24, 2.45) is 5.41 Å². The zero-order chi connectivity index (χ0) is 12.7. The van der Waals surface area contributed by atoms with Gasteiger partial charge in [-0.3, -0.25) is 0 Å². The number of ether oxygens (including phenoxy) is 2. The number of rotatable bonds is 8. The molecule has 1 fully saturated rings. The molecule has 1 aliphatic carbocycles. The van der Waals surface area contributed by atoms with Gasteiger partial charge in [0.25, 0.3) is 0 Å². The predicted molar refractivity (Wildman–Crippen MR) is 71.3 cm³/mol. The quantitative estimate of drug-likeness (QED) is 0.665. The third kappa shape index (κ3) is 4.57. The van der Waals surface area contributed by atoms with E-state index in [0.29, 0.717) is 24.2 Å². The molecule has 0 aromatic carbocycles. The lowest BCUT2D eigenvalue weighted by Crippen LogP contribution is -2.46. The van der Waals surface area contributed by atoms with Crippen LogP contribution in [0.2, 0.25) is 0 Å². The minimum Gasteiger partial charge on any atom is -0.379 e. The Hall–Kier alpha value is -0.120. The van der Waals surface area contributed by atoms with E-state index < -0.39 is 0 Å². The van der Waals surface area contributed by atoms with E-state index in [2.05, 4.69) is 26.1 Å². The van der Waals surface area contributed by atoms with Gasteiger partial charge in [-0.15, -0.1) is 0 Å². The van der Waals surface area contributed by atoms with Crippen LogP contribution in [0.1, 0.15) is 47.0 Å². The second-order valence-electron chi connectivity index (χ2n) is 5.57. The fourth-order valence-electron chi connectivity index (χ4n) is 2.63. The molecule has 1 rings (SSSR count). The highest BCUT2D eigenvalue weighted by atomic mass is 16.5. The SMILES string of the molecule is CCCNC1C(OCCOCC)CCC1(C)C. The maximum absolute atomic E-state index is 5.96. The average Bonchev–Trinajstić information content (AvgIpc) is 2.57. The summed E-state index contributed by atoms with van der Waals surface area (Å²) in [5.74, 6) is 0. The van der Waals surface area contributed by atoms with Gasteiger partial charge in [-0.25, -0.2) is 0 Å². The molecule has 2 atom stereocenters. The summed E-state index contributed by atoms with van der Waals surface area (Å²) in [5, 5.41) is 3.65. The molecule has 0 radical (unpaired) electrons. The summed E-state index contributed by atoms with van der Waals surface area (Å²) < 4.78 is 11.3. The van der Waals surface area contributed by atoms with Crippen molar-refractivity contribution in [3.05, 3.63) is 0 Å². The maximum atomic E-state index is 5.96. The standard InChI is InChI=1S/C14H29NO2/c1-5-9-15-13-12(7-8-14(13,3)4)17-11-10-16-6-2/h12-13,15H,5-11H2,1-4H3. The Labute approximate surface area is 106 Å². The van der Waals surface area contributed by atoms with Crippen molar-refractivity contribution < 1.29 is 9.47 Å². The Kier molecular flexibility index (Phi) is 6.45. The lowest BCUT2D eigenvalue weighted by atomic mass is 9.87. The zero-order valence-electron chi connectivity index (χ0n) is 11.9. The molecule has 3 heteroatoms. The highest BCUT2D eigenvalue weighted by Gasteiger charge is 2.41. The molecule has 2 unspecified atom stereocenters. The van der Waals surface area contributed by atoms with Crippen LogP contribution in [0.5, 0.6) is 0 Å². The molecule has 1 N–H and O–H groups in total. The molecule has 1 saturated carbocycles. The summed E-state index contributed by atoms with van der Waals surface area (Å²) in [4.78, 5) is 0. The molecule has 0 spiro atoms. The lowest BCUT2D eigenvalue weighted by Gasteiger charge is -2.31. The van der Waals surface area contributed by atoms with Crippen LogP contribution in [0.15, 0.2) is 0 Å². The summed E-state index contributed by atoms with van der Waals surface area (Å²) in [6.45, 7) is 12.2. The minimum absolute atomic E-state index is 0.353. The topological polar surface area (TPSA) is 30.5 Å². The Bertz CT molecular complexity index is 206. The van der Waals surface area contributed by atoms with Gasteiger partial charge in [-0.1, -0.05) is 20.8 Å². The minimum atomic E-state index is 0.353. The van der Waals surface area contributed by atoms with Crippen molar-refractivity contribution in [1.82, 2.24) is 5.32 Å². The van der Waals surface area contributed by atoms with Crippen molar-refractivity contribution in [3.63, 3.8) is 0 Å². The maximum Gasteiger partial charge on any atom is 0.0734 e. The molecule has 0 aliphatic heterocycles. The van der Waals surface area contributed by atoms with E-state index in [1.165, 1.54) is 19.3 Å². The summed E-state index contributed by atoms with van der Waals surface area (Å²) >= 11 is 0. The van der Waals surface area contributed by atoms with Gasteiger partial charge in [0.05, 0.1) is 19.3 Å². The first-order valence-electron chi connectivity index (χ1n) is 7.04. The molecule has 0 amide bonds. The fourth-order valence-corrected chi connectivity index (χ4v) is 2.63. The monoisotopic (exact) mass is 243 g/mol. The number of nitrogens with one attached hydrogen (secondary N) is 1. The molecule has 0 aromatic heterocycles. The number of hydrogen-bond acceptors (Lipinski definition) is 3. The average molecular weight is 243 g/mol. The molecule has 0 saturated heterocycles. The third-order valence-electron chi connectivity index (χ3n) is 3.66. The van der Waals surface area contributed by atoms with Crippen molar-refractivity contribution in [2.45, 2.75) is 59.1 Å². The molecule has 3 nitrogen and oxygen atoms in total. The third-order valence-corrected chi connectivity index (χ3v) is 3.66. The van der Waals surface area contributed by atoms with E-state index in [1.807, 2.05) is 6.92 Å². The highest BCUT2D eigenvalue weighted by Crippen LogP contribution is 2.38. The van der Waals surface area contributed by atoms with Crippen LogP contribution in [0.3, 0.4) is 0 Å². The van der Waals surface area contributed by atoms with E-state index in [4.69, 9.17) is 9.47 Å². The first-order valence-corrected chi connectivity index (χ1v) is 7.04. The van der Waals surface area contributed by atoms with Crippen LogP contribution >= 0.6 is 0 Å². The van der Waals surface area contributed by atoms with E-state index in [0.717, 1.165) is 19.8 Å². The largest absolute Gasteiger partial charge is 0.379 e. The van der Waals surface area contributed by atoms with Gasteiger partial charge in [0.2, 0.25) is 0 Å². The normalized spacial score (nSPS) is 27.5. The van der Waals surface area contributed by atoms with Crippen LogP contribution in [0, 0.1) is 5.41 Å². The van der Waals surface area contributed by atoms with E-state index in [1.54, 1.807) is 0 Å². The molecule has 0 aromatic rings. The van der Waals surface area contributed by atoms with Crippen molar-refractivity contribution in [2.75, 3.05) is 26.4 Å². The summed E-state index contributed by atoms with van der Waals surface area (Å²) in [6.07, 6.45) is 3.95. The second-order valence-corrected chi connectivity index (χ2v) is 5.57. The first kappa shape index (κ1) is 14.9. The van der Waals surface area contributed by atoms with Gasteiger partial charge in [0.1, 0.15) is 0 Å². The summed E-state index contributed by atoms with van der Waals surface area (Å²) in [5.41, 5.74) is 0.353. The molecule has 102 valence electrons. The molecule has 1 aliphatic rings. The van der Waals surface area contributed by atoms with Gasteiger partial charge in [-0.05, 0) is 38.1 Å². The first-order chi connectivity index (χ1) is 8.11. The highest BCUT2D eigenvalue weighted by molar-refractivity contribution is 4.97. The molecular formula is C14H29NO2. The van der Waals surface area contributed by atoms with Crippen LogP contribution in [-0.4, -0.2) is 38.5 Å². The van der Waals surface area contributed by atoms with Crippen molar-refractivity contribution in [1.29, 1.82) is 0 Å². The molecule has 0 bridgehead atoms. The van der Waals surface area contributed by atoms with Gasteiger partial charge >= 0.3 is 0 Å². The van der Waals surface area contributed by atoms with Crippen LogP contribution < -0.4 is 5.32 Å². The molecule has 17 heavy (non-hydrogen) atoms. The Morgan fingerprint density at radius 2 is 2.00 bits per heavy atom. The second kappa shape index (κ2) is 7.34. The number of hydrogen-bond donors (Lipinski definition) is 1. The van der Waals surface area contributed by atoms with E-state index >= 15 is 0 Å². The predicted octanol–water partition coefficient (Wildman–Crippen LogP) is 2.60. The van der Waals surface area contributed by atoms with Gasteiger partial charge < -0.3 is 14.8 Å². The molecular weight excluding hydrogens is 214 g/mol. The Balaban J connectivity index is 2.36. The zero-order valence-corrected chi connectivity index (χ0v) is 11.9. The lowest BCUT2D eigenvalue weighted by molar-refractivity contribution is -0.00822. The van der Waals surface area contributed by atoms with E-state index in [9.17, 15) is 0 Å².